The summed E-state index contributed by atoms with van der Waals surface area (Å²) < 4.78 is 0. The molecule has 1 aromatic rings. The molecule has 1 aliphatic heterocycles. The molecule has 0 radical (unpaired) electrons. The van der Waals surface area contributed by atoms with Crippen LogP contribution in [-0.4, -0.2) is 41.0 Å². The summed E-state index contributed by atoms with van der Waals surface area (Å²) in [5.74, 6) is 1.62. The van der Waals surface area contributed by atoms with E-state index in [0.29, 0.717) is 12.5 Å². The van der Waals surface area contributed by atoms with Crippen LogP contribution in [0.25, 0.3) is 0 Å². The van der Waals surface area contributed by atoms with Crippen molar-refractivity contribution in [1.29, 1.82) is 0 Å². The van der Waals surface area contributed by atoms with E-state index in [4.69, 9.17) is 5.11 Å². The predicted octanol–water partition coefficient (Wildman–Crippen LogP) is 1.80. The van der Waals surface area contributed by atoms with Crippen LogP contribution in [-0.2, 0) is 0 Å². The van der Waals surface area contributed by atoms with Crippen molar-refractivity contribution in [2.75, 3.05) is 30.9 Å². The number of rotatable bonds is 4. The molecule has 5 heteroatoms. The fourth-order valence-corrected chi connectivity index (χ4v) is 2.68. The Hall–Kier alpha value is -0.810. The lowest BCUT2D eigenvalue weighted by atomic mass is 9.95. The summed E-state index contributed by atoms with van der Waals surface area (Å²) in [6, 6.07) is 2.05. The minimum atomic E-state index is 0.290. The second-order valence-corrected chi connectivity index (χ2v) is 5.21. The number of anilines is 1. The molecule has 2 rings (SSSR count). The van der Waals surface area contributed by atoms with Crippen molar-refractivity contribution < 1.29 is 5.11 Å². The molecule has 1 unspecified atom stereocenters. The fraction of sp³-hybridized carbons (Fsp3) is 0.667. The van der Waals surface area contributed by atoms with Gasteiger partial charge in [-0.15, -0.1) is 11.8 Å². The van der Waals surface area contributed by atoms with E-state index in [1.165, 1.54) is 12.8 Å². The third-order valence-electron chi connectivity index (χ3n) is 3.22. The van der Waals surface area contributed by atoms with Crippen LogP contribution >= 0.6 is 11.8 Å². The van der Waals surface area contributed by atoms with E-state index in [0.717, 1.165) is 30.4 Å². The standard InChI is InChI=1S/C12H19N3OS/c1-17-12-7-11(13-9-14-12)15-5-2-3-10(8-15)4-6-16/h7,9-10,16H,2-6,8H2,1H3. The van der Waals surface area contributed by atoms with Gasteiger partial charge in [-0.3, -0.25) is 0 Å². The Morgan fingerprint density at radius 1 is 1.53 bits per heavy atom. The summed E-state index contributed by atoms with van der Waals surface area (Å²) >= 11 is 1.64. The molecule has 94 valence electrons. The van der Waals surface area contributed by atoms with Crippen LogP contribution < -0.4 is 4.90 Å². The van der Waals surface area contributed by atoms with Gasteiger partial charge in [-0.2, -0.15) is 0 Å². The zero-order valence-corrected chi connectivity index (χ0v) is 11.0. The van der Waals surface area contributed by atoms with Gasteiger partial charge < -0.3 is 10.0 Å². The number of piperidine rings is 1. The van der Waals surface area contributed by atoms with Gasteiger partial charge in [-0.1, -0.05) is 0 Å². The zero-order valence-electron chi connectivity index (χ0n) is 10.2. The van der Waals surface area contributed by atoms with E-state index in [1.807, 2.05) is 12.3 Å². The van der Waals surface area contributed by atoms with Crippen molar-refractivity contribution >= 4 is 17.6 Å². The summed E-state index contributed by atoms with van der Waals surface area (Å²) in [5, 5.41) is 10.0. The normalized spacial score (nSPS) is 20.6. The summed E-state index contributed by atoms with van der Waals surface area (Å²) in [7, 11) is 0. The highest BCUT2D eigenvalue weighted by molar-refractivity contribution is 7.98. The molecule has 0 aliphatic carbocycles. The smallest absolute Gasteiger partial charge is 0.133 e. The van der Waals surface area contributed by atoms with Crippen molar-refractivity contribution in [2.24, 2.45) is 5.92 Å². The van der Waals surface area contributed by atoms with Gasteiger partial charge in [-0.25, -0.2) is 9.97 Å². The first-order valence-corrected chi connectivity index (χ1v) is 7.28. The maximum atomic E-state index is 9.01. The minimum absolute atomic E-state index is 0.290. The van der Waals surface area contributed by atoms with Gasteiger partial charge in [0, 0.05) is 25.8 Å². The molecule has 1 atom stereocenters. The molecule has 0 amide bonds. The first-order valence-electron chi connectivity index (χ1n) is 6.05. The summed E-state index contributed by atoms with van der Waals surface area (Å²) in [6.45, 7) is 2.36. The molecule has 17 heavy (non-hydrogen) atoms. The van der Waals surface area contributed by atoms with Gasteiger partial charge >= 0.3 is 0 Å². The predicted molar refractivity (Wildman–Crippen MR) is 70.5 cm³/mol. The average molecular weight is 253 g/mol. The molecular formula is C12H19N3OS. The van der Waals surface area contributed by atoms with Gasteiger partial charge in [0.2, 0.25) is 0 Å². The van der Waals surface area contributed by atoms with Gasteiger partial charge in [0.05, 0.1) is 0 Å². The Balaban J connectivity index is 2.05. The maximum Gasteiger partial charge on any atom is 0.133 e. The zero-order chi connectivity index (χ0) is 12.1. The SMILES string of the molecule is CSc1cc(N2CCCC(CCO)C2)ncn1. The number of hydrogen-bond acceptors (Lipinski definition) is 5. The quantitative estimate of drug-likeness (QED) is 0.655. The largest absolute Gasteiger partial charge is 0.396 e. The van der Waals surface area contributed by atoms with Crippen molar-refractivity contribution in [2.45, 2.75) is 24.3 Å². The summed E-state index contributed by atoms with van der Waals surface area (Å²) in [4.78, 5) is 10.8. The van der Waals surface area contributed by atoms with Crippen LogP contribution in [0.4, 0.5) is 5.82 Å². The van der Waals surface area contributed by atoms with E-state index < -0.39 is 0 Å². The Bertz CT molecular complexity index is 359. The second-order valence-electron chi connectivity index (χ2n) is 4.39. The van der Waals surface area contributed by atoms with E-state index >= 15 is 0 Å². The summed E-state index contributed by atoms with van der Waals surface area (Å²) in [6.07, 6.45) is 6.96. The minimum Gasteiger partial charge on any atom is -0.396 e. The van der Waals surface area contributed by atoms with Crippen molar-refractivity contribution in [3.8, 4) is 0 Å². The van der Waals surface area contributed by atoms with Crippen LogP contribution in [0.5, 0.6) is 0 Å². The first-order chi connectivity index (χ1) is 8.33. The molecule has 0 spiro atoms. The highest BCUT2D eigenvalue weighted by Gasteiger charge is 2.20. The van der Waals surface area contributed by atoms with Crippen molar-refractivity contribution in [1.82, 2.24) is 9.97 Å². The maximum absolute atomic E-state index is 9.01. The number of hydrogen-bond donors (Lipinski definition) is 1. The summed E-state index contributed by atoms with van der Waals surface area (Å²) in [5.41, 5.74) is 0. The third kappa shape index (κ3) is 3.33. The third-order valence-corrected chi connectivity index (χ3v) is 3.86. The van der Waals surface area contributed by atoms with Crippen molar-refractivity contribution in [3.05, 3.63) is 12.4 Å². The molecule has 1 aliphatic rings. The highest BCUT2D eigenvalue weighted by atomic mass is 32.2. The van der Waals surface area contributed by atoms with E-state index in [2.05, 4.69) is 14.9 Å². The van der Waals surface area contributed by atoms with E-state index in [-0.39, 0.29) is 0 Å². The molecule has 4 nitrogen and oxygen atoms in total. The molecule has 1 aromatic heterocycles. The monoisotopic (exact) mass is 253 g/mol. The lowest BCUT2D eigenvalue weighted by Crippen LogP contribution is -2.36. The fourth-order valence-electron chi connectivity index (χ4n) is 2.31. The molecular weight excluding hydrogens is 234 g/mol. The molecule has 1 saturated heterocycles. The lowest BCUT2D eigenvalue weighted by molar-refractivity contribution is 0.244. The van der Waals surface area contributed by atoms with Gasteiger partial charge in [0.1, 0.15) is 17.2 Å². The van der Waals surface area contributed by atoms with Crippen LogP contribution in [0.2, 0.25) is 0 Å². The van der Waals surface area contributed by atoms with Gasteiger partial charge in [0.25, 0.3) is 0 Å². The van der Waals surface area contributed by atoms with Crippen LogP contribution in [0.15, 0.2) is 17.4 Å². The van der Waals surface area contributed by atoms with Gasteiger partial charge in [0.15, 0.2) is 0 Å². The van der Waals surface area contributed by atoms with Crippen LogP contribution in [0.1, 0.15) is 19.3 Å². The van der Waals surface area contributed by atoms with Crippen LogP contribution in [0, 0.1) is 5.92 Å². The Morgan fingerprint density at radius 2 is 2.41 bits per heavy atom. The first kappa shape index (κ1) is 12.6. The highest BCUT2D eigenvalue weighted by Crippen LogP contribution is 2.24. The van der Waals surface area contributed by atoms with Crippen LogP contribution in [0.3, 0.4) is 0 Å². The Morgan fingerprint density at radius 3 is 3.18 bits per heavy atom. The molecule has 0 aromatic carbocycles. The Kier molecular flexibility index (Phi) is 4.62. The Labute approximate surface area is 106 Å². The topological polar surface area (TPSA) is 49.2 Å². The average Bonchev–Trinajstić information content (AvgIpc) is 2.40. The number of aromatic nitrogens is 2. The van der Waals surface area contributed by atoms with Crippen molar-refractivity contribution in [3.63, 3.8) is 0 Å². The van der Waals surface area contributed by atoms with E-state index in [9.17, 15) is 0 Å². The number of aliphatic hydroxyl groups is 1. The number of nitrogens with zero attached hydrogens (tertiary/aromatic N) is 3. The molecule has 0 bridgehead atoms. The molecule has 0 saturated carbocycles. The number of aliphatic hydroxyl groups excluding tert-OH is 1. The lowest BCUT2D eigenvalue weighted by Gasteiger charge is -2.33. The molecule has 1 N–H and O–H groups in total. The van der Waals surface area contributed by atoms with Gasteiger partial charge in [-0.05, 0) is 31.4 Å². The molecule has 1 fully saturated rings. The molecule has 2 heterocycles. The second kappa shape index (κ2) is 6.21. The number of thioether (sulfide) groups is 1. The van der Waals surface area contributed by atoms with E-state index in [1.54, 1.807) is 18.1 Å².